The van der Waals surface area contributed by atoms with E-state index in [1.54, 1.807) is 19.5 Å². The minimum Gasteiger partial charge on any atom is -0.383 e. The molecule has 1 aromatic heterocycles. The molecule has 0 aliphatic rings. The summed E-state index contributed by atoms with van der Waals surface area (Å²) in [6.07, 6.45) is 3.51. The molecule has 15 heavy (non-hydrogen) atoms. The number of aromatic nitrogens is 2. The molecule has 1 rings (SSSR count). The van der Waals surface area contributed by atoms with Crippen molar-refractivity contribution in [3.63, 3.8) is 0 Å². The summed E-state index contributed by atoms with van der Waals surface area (Å²) in [5.41, 5.74) is 0. The van der Waals surface area contributed by atoms with Crippen LogP contribution in [0.5, 0.6) is 0 Å². The first-order valence-electron chi connectivity index (χ1n) is 4.92. The first kappa shape index (κ1) is 12.4. The van der Waals surface area contributed by atoms with Gasteiger partial charge in [0.2, 0.25) is 5.95 Å². The Morgan fingerprint density at radius 2 is 2.07 bits per heavy atom. The molecule has 1 atom stereocenters. The van der Waals surface area contributed by atoms with Crippen LogP contribution in [0, 0.1) is 0 Å². The molecular weight excluding hydrogens is 258 g/mol. The lowest BCUT2D eigenvalue weighted by atomic mass is 10.3. The van der Waals surface area contributed by atoms with Crippen molar-refractivity contribution >= 4 is 21.9 Å². The third-order valence-corrected chi connectivity index (χ3v) is 2.55. The summed E-state index contributed by atoms with van der Waals surface area (Å²) in [7, 11) is 1.70. The predicted octanol–water partition coefficient (Wildman–Crippen LogP) is 2.10. The molecule has 1 heterocycles. The molecule has 0 radical (unpaired) electrons. The maximum absolute atomic E-state index is 5.13. The van der Waals surface area contributed by atoms with Crippen LogP contribution < -0.4 is 4.90 Å². The Balaban J connectivity index is 2.77. The minimum absolute atomic E-state index is 0.279. The Hall–Kier alpha value is -0.680. The molecule has 4 nitrogen and oxygen atoms in total. The molecule has 0 bridgehead atoms. The van der Waals surface area contributed by atoms with Crippen LogP contribution in [0.15, 0.2) is 16.9 Å². The summed E-state index contributed by atoms with van der Waals surface area (Å²) >= 11 is 3.32. The van der Waals surface area contributed by atoms with Crippen LogP contribution in [0.1, 0.15) is 13.8 Å². The molecule has 0 fully saturated rings. The molecule has 1 unspecified atom stereocenters. The smallest absolute Gasteiger partial charge is 0.225 e. The van der Waals surface area contributed by atoms with E-state index in [4.69, 9.17) is 4.74 Å². The Bertz CT molecular complexity index is 291. The van der Waals surface area contributed by atoms with Gasteiger partial charge in [-0.3, -0.25) is 0 Å². The first-order chi connectivity index (χ1) is 7.19. The van der Waals surface area contributed by atoms with Gasteiger partial charge in [0.15, 0.2) is 0 Å². The normalized spacial score (nSPS) is 12.5. The zero-order valence-corrected chi connectivity index (χ0v) is 10.9. The van der Waals surface area contributed by atoms with Gasteiger partial charge in [-0.15, -0.1) is 0 Å². The van der Waals surface area contributed by atoms with Crippen LogP contribution in [0.3, 0.4) is 0 Å². The number of methoxy groups -OCH3 is 1. The number of likely N-dealkylation sites (N-methyl/N-ethyl adjacent to an activating group) is 1. The first-order valence-corrected chi connectivity index (χ1v) is 5.71. The van der Waals surface area contributed by atoms with Gasteiger partial charge >= 0.3 is 0 Å². The average molecular weight is 274 g/mol. The summed E-state index contributed by atoms with van der Waals surface area (Å²) in [4.78, 5) is 10.6. The molecular formula is C10H16BrN3O. The lowest BCUT2D eigenvalue weighted by Gasteiger charge is -2.27. The molecule has 5 heteroatoms. The van der Waals surface area contributed by atoms with Gasteiger partial charge in [-0.25, -0.2) is 9.97 Å². The van der Waals surface area contributed by atoms with E-state index in [0.29, 0.717) is 6.61 Å². The van der Waals surface area contributed by atoms with Crippen molar-refractivity contribution in [2.45, 2.75) is 19.9 Å². The van der Waals surface area contributed by atoms with Gasteiger partial charge in [-0.2, -0.15) is 0 Å². The zero-order valence-electron chi connectivity index (χ0n) is 9.27. The predicted molar refractivity (Wildman–Crippen MR) is 64.1 cm³/mol. The maximum atomic E-state index is 5.13. The molecule has 0 saturated heterocycles. The number of nitrogens with zero attached hydrogens (tertiary/aromatic N) is 3. The van der Waals surface area contributed by atoms with Crippen molar-refractivity contribution in [1.82, 2.24) is 9.97 Å². The molecule has 0 N–H and O–H groups in total. The highest BCUT2D eigenvalue weighted by atomic mass is 79.9. The number of rotatable bonds is 5. The standard InChI is InChI=1S/C10H16BrN3O/c1-4-14(8(2)7-15-3)10-12-5-9(11)6-13-10/h5-6,8H,4,7H2,1-3H3. The third kappa shape index (κ3) is 3.43. The van der Waals surface area contributed by atoms with Gasteiger partial charge in [0.25, 0.3) is 0 Å². The fraction of sp³-hybridized carbons (Fsp3) is 0.600. The molecule has 0 spiro atoms. The Labute approximate surface area is 98.8 Å². The van der Waals surface area contributed by atoms with E-state index in [0.717, 1.165) is 17.0 Å². The quantitative estimate of drug-likeness (QED) is 0.824. The SMILES string of the molecule is CCN(c1ncc(Br)cn1)C(C)COC. The Morgan fingerprint density at radius 3 is 2.53 bits per heavy atom. The second-order valence-electron chi connectivity index (χ2n) is 3.29. The van der Waals surface area contributed by atoms with E-state index in [2.05, 4.69) is 44.6 Å². The van der Waals surface area contributed by atoms with Crippen LogP contribution in [0.4, 0.5) is 5.95 Å². The largest absolute Gasteiger partial charge is 0.383 e. The van der Waals surface area contributed by atoms with E-state index in [9.17, 15) is 0 Å². The van der Waals surface area contributed by atoms with E-state index in [1.165, 1.54) is 0 Å². The van der Waals surface area contributed by atoms with Crippen molar-refractivity contribution in [1.29, 1.82) is 0 Å². The highest BCUT2D eigenvalue weighted by Gasteiger charge is 2.14. The number of hydrogen-bond acceptors (Lipinski definition) is 4. The topological polar surface area (TPSA) is 38.2 Å². The third-order valence-electron chi connectivity index (χ3n) is 2.14. The van der Waals surface area contributed by atoms with Gasteiger partial charge in [0.05, 0.1) is 17.1 Å². The lowest BCUT2D eigenvalue weighted by Crippen LogP contribution is -2.37. The zero-order chi connectivity index (χ0) is 11.3. The van der Waals surface area contributed by atoms with Crippen LogP contribution in [-0.4, -0.2) is 36.3 Å². The second kappa shape index (κ2) is 6.02. The number of ether oxygens (including phenoxy) is 1. The summed E-state index contributed by atoms with van der Waals surface area (Å²) in [6, 6.07) is 0.279. The number of halogens is 1. The van der Waals surface area contributed by atoms with Gasteiger partial charge in [0, 0.05) is 26.0 Å². The molecule has 1 aromatic rings. The van der Waals surface area contributed by atoms with Crippen molar-refractivity contribution < 1.29 is 4.74 Å². The van der Waals surface area contributed by atoms with Crippen LogP contribution in [0.2, 0.25) is 0 Å². The van der Waals surface area contributed by atoms with Gasteiger partial charge in [-0.1, -0.05) is 0 Å². The number of hydrogen-bond donors (Lipinski definition) is 0. The summed E-state index contributed by atoms with van der Waals surface area (Å²) in [5.74, 6) is 0.741. The fourth-order valence-electron chi connectivity index (χ4n) is 1.44. The fourth-order valence-corrected chi connectivity index (χ4v) is 1.64. The highest BCUT2D eigenvalue weighted by molar-refractivity contribution is 9.10. The van der Waals surface area contributed by atoms with E-state index >= 15 is 0 Å². The number of anilines is 1. The van der Waals surface area contributed by atoms with Crippen LogP contribution in [0.25, 0.3) is 0 Å². The van der Waals surface area contributed by atoms with Crippen molar-refractivity contribution in [3.05, 3.63) is 16.9 Å². The van der Waals surface area contributed by atoms with Crippen LogP contribution >= 0.6 is 15.9 Å². The Morgan fingerprint density at radius 1 is 1.47 bits per heavy atom. The van der Waals surface area contributed by atoms with E-state index in [-0.39, 0.29) is 6.04 Å². The Kier molecular flexibility index (Phi) is 4.98. The molecule has 0 amide bonds. The molecule has 0 aromatic carbocycles. The van der Waals surface area contributed by atoms with Crippen molar-refractivity contribution in [3.8, 4) is 0 Å². The van der Waals surface area contributed by atoms with Gasteiger partial charge in [0.1, 0.15) is 0 Å². The molecule has 84 valence electrons. The second-order valence-corrected chi connectivity index (χ2v) is 4.21. The lowest BCUT2D eigenvalue weighted by molar-refractivity contribution is 0.181. The molecule has 0 aliphatic carbocycles. The van der Waals surface area contributed by atoms with Crippen LogP contribution in [-0.2, 0) is 4.74 Å². The van der Waals surface area contributed by atoms with Crippen molar-refractivity contribution in [2.75, 3.05) is 25.2 Å². The van der Waals surface area contributed by atoms with Gasteiger partial charge in [-0.05, 0) is 29.8 Å². The van der Waals surface area contributed by atoms with Gasteiger partial charge < -0.3 is 9.64 Å². The van der Waals surface area contributed by atoms with E-state index < -0.39 is 0 Å². The summed E-state index contributed by atoms with van der Waals surface area (Å²) in [6.45, 7) is 5.72. The average Bonchev–Trinajstić information content (AvgIpc) is 2.22. The molecule has 0 saturated carbocycles. The highest BCUT2D eigenvalue weighted by Crippen LogP contribution is 2.13. The van der Waals surface area contributed by atoms with E-state index in [1.807, 2.05) is 0 Å². The summed E-state index contributed by atoms with van der Waals surface area (Å²) in [5, 5.41) is 0. The summed E-state index contributed by atoms with van der Waals surface area (Å²) < 4.78 is 6.02. The maximum Gasteiger partial charge on any atom is 0.225 e. The minimum atomic E-state index is 0.279. The molecule has 0 aliphatic heterocycles. The monoisotopic (exact) mass is 273 g/mol. The van der Waals surface area contributed by atoms with Crippen molar-refractivity contribution in [2.24, 2.45) is 0 Å².